The summed E-state index contributed by atoms with van der Waals surface area (Å²) in [5.41, 5.74) is 0.992. The minimum absolute atomic E-state index is 0.111. The van der Waals surface area contributed by atoms with Crippen LogP contribution in [0.1, 0.15) is 21.4 Å². The molecule has 3 rings (SSSR count). The van der Waals surface area contributed by atoms with E-state index in [0.717, 1.165) is 0 Å². The number of H-pyrrole nitrogens is 1. The molecule has 0 radical (unpaired) electrons. The number of nitrogens with one attached hydrogen (secondary N) is 2. The van der Waals surface area contributed by atoms with Crippen molar-refractivity contribution in [3.8, 4) is 0 Å². The summed E-state index contributed by atoms with van der Waals surface area (Å²) in [4.78, 5) is 18.6. The Bertz CT molecular complexity index is 810. The first-order valence-electron chi connectivity index (χ1n) is 7.31. The zero-order valence-electron chi connectivity index (χ0n) is 13.0. The third-order valence-electron chi connectivity index (χ3n) is 3.81. The fourth-order valence-corrected chi connectivity index (χ4v) is 3.47. The van der Waals surface area contributed by atoms with Crippen LogP contribution in [0, 0.1) is 5.82 Å². The number of nitrogens with zero attached hydrogens (tertiary/aromatic N) is 1. The Morgan fingerprint density at radius 2 is 2.17 bits per heavy atom. The van der Waals surface area contributed by atoms with E-state index in [1.807, 2.05) is 25.5 Å². The summed E-state index contributed by atoms with van der Waals surface area (Å²) >= 11 is 1.66. The average Bonchev–Trinajstić information content (AvgIpc) is 3.16. The molecule has 0 aliphatic carbocycles. The summed E-state index contributed by atoms with van der Waals surface area (Å²) in [5.74, 6) is -0.563. The Hall–Kier alpha value is -2.18. The Kier molecular flexibility index (Phi) is 4.45. The number of aromatic nitrogens is 1. The van der Waals surface area contributed by atoms with Gasteiger partial charge in [-0.1, -0.05) is 12.1 Å². The number of carbonyl (C=O) groups excluding carboxylic acids is 1. The van der Waals surface area contributed by atoms with Crippen molar-refractivity contribution in [2.75, 3.05) is 20.6 Å². The van der Waals surface area contributed by atoms with Crippen LogP contribution in [-0.2, 0) is 0 Å². The molecule has 0 saturated carbocycles. The van der Waals surface area contributed by atoms with E-state index in [2.05, 4.69) is 21.3 Å². The predicted molar refractivity (Wildman–Crippen MR) is 91.3 cm³/mol. The van der Waals surface area contributed by atoms with Gasteiger partial charge in [0.15, 0.2) is 0 Å². The summed E-state index contributed by atoms with van der Waals surface area (Å²) in [7, 11) is 3.96. The fraction of sp³-hybridized carbons (Fsp3) is 0.235. The summed E-state index contributed by atoms with van der Waals surface area (Å²) in [6, 6.07) is 10.5. The third kappa shape index (κ3) is 3.28. The van der Waals surface area contributed by atoms with Gasteiger partial charge in [-0.3, -0.25) is 4.79 Å². The van der Waals surface area contributed by atoms with Gasteiger partial charge in [-0.05, 0) is 43.7 Å². The van der Waals surface area contributed by atoms with Crippen LogP contribution in [0.15, 0.2) is 41.8 Å². The van der Waals surface area contributed by atoms with Crippen LogP contribution < -0.4 is 5.32 Å². The third-order valence-corrected chi connectivity index (χ3v) is 4.78. The lowest BCUT2D eigenvalue weighted by Gasteiger charge is -2.23. The first kappa shape index (κ1) is 15.7. The number of amides is 1. The maximum atomic E-state index is 13.7. The molecule has 1 atom stereocenters. The highest BCUT2D eigenvalue weighted by Crippen LogP contribution is 2.23. The number of likely N-dealkylation sites (N-methyl/N-ethyl adjacent to an activating group) is 1. The number of benzene rings is 1. The lowest BCUT2D eigenvalue weighted by atomic mass is 10.2. The Labute approximate surface area is 137 Å². The Morgan fingerprint density at radius 1 is 1.35 bits per heavy atom. The maximum Gasteiger partial charge on any atom is 0.267 e. The van der Waals surface area contributed by atoms with Crippen molar-refractivity contribution in [1.29, 1.82) is 0 Å². The summed E-state index contributed by atoms with van der Waals surface area (Å²) in [6.07, 6.45) is 0. The highest BCUT2D eigenvalue weighted by atomic mass is 32.1. The van der Waals surface area contributed by atoms with Crippen molar-refractivity contribution in [3.05, 3.63) is 58.2 Å². The van der Waals surface area contributed by atoms with Crippen molar-refractivity contribution < 1.29 is 9.18 Å². The highest BCUT2D eigenvalue weighted by Gasteiger charge is 2.18. The minimum atomic E-state index is -0.331. The molecule has 120 valence electrons. The summed E-state index contributed by atoms with van der Waals surface area (Å²) in [6.45, 7) is 0.490. The molecule has 2 aromatic heterocycles. The van der Waals surface area contributed by atoms with Crippen LogP contribution in [0.5, 0.6) is 0 Å². The molecule has 0 spiro atoms. The van der Waals surface area contributed by atoms with E-state index in [0.29, 0.717) is 23.1 Å². The van der Waals surface area contributed by atoms with Crippen LogP contribution in [0.25, 0.3) is 10.9 Å². The molecule has 0 fully saturated rings. The average molecular weight is 331 g/mol. The summed E-state index contributed by atoms with van der Waals surface area (Å²) < 4.78 is 13.7. The Morgan fingerprint density at radius 3 is 2.83 bits per heavy atom. The van der Waals surface area contributed by atoms with Gasteiger partial charge in [0.2, 0.25) is 0 Å². The predicted octanol–water partition coefficient (Wildman–Crippen LogP) is 3.40. The SMILES string of the molecule is CN(C)[C@H](CNC(=O)c1cc2c(F)cccc2[nH]1)c1cccs1. The number of halogens is 1. The molecule has 0 unspecified atom stereocenters. The molecule has 0 aliphatic heterocycles. The van der Waals surface area contributed by atoms with E-state index in [1.165, 1.54) is 10.9 Å². The van der Waals surface area contributed by atoms with Gasteiger partial charge in [0.05, 0.1) is 6.04 Å². The normalized spacial score (nSPS) is 12.7. The lowest BCUT2D eigenvalue weighted by molar-refractivity contribution is 0.0938. The first-order chi connectivity index (χ1) is 11.1. The molecule has 2 N–H and O–H groups in total. The highest BCUT2D eigenvalue weighted by molar-refractivity contribution is 7.10. The standard InChI is InChI=1S/C17H18FN3OS/c1-21(2)15(16-7-4-8-23-16)10-19-17(22)14-9-11-12(18)5-3-6-13(11)20-14/h3-9,15,20H,10H2,1-2H3,(H,19,22)/t15-/m1/s1. The summed E-state index contributed by atoms with van der Waals surface area (Å²) in [5, 5.41) is 5.37. The molecular formula is C17H18FN3OS. The van der Waals surface area contributed by atoms with Crippen molar-refractivity contribution in [1.82, 2.24) is 15.2 Å². The van der Waals surface area contributed by atoms with Crippen LogP contribution in [0.4, 0.5) is 4.39 Å². The maximum absolute atomic E-state index is 13.7. The lowest BCUT2D eigenvalue weighted by Crippen LogP contribution is -2.34. The van der Waals surface area contributed by atoms with Gasteiger partial charge in [0, 0.05) is 22.3 Å². The largest absolute Gasteiger partial charge is 0.350 e. The van der Waals surface area contributed by atoms with E-state index in [-0.39, 0.29) is 17.8 Å². The first-order valence-corrected chi connectivity index (χ1v) is 8.19. The van der Waals surface area contributed by atoms with Crippen LogP contribution >= 0.6 is 11.3 Å². The number of hydrogen-bond donors (Lipinski definition) is 2. The molecule has 3 aromatic rings. The molecule has 0 aliphatic rings. The second kappa shape index (κ2) is 6.52. The van der Waals surface area contributed by atoms with Gasteiger partial charge in [0.25, 0.3) is 5.91 Å². The van der Waals surface area contributed by atoms with Gasteiger partial charge < -0.3 is 15.2 Å². The number of fused-ring (bicyclic) bond motifs is 1. The molecule has 0 bridgehead atoms. The van der Waals surface area contributed by atoms with Gasteiger partial charge >= 0.3 is 0 Å². The second-order valence-electron chi connectivity index (χ2n) is 5.59. The number of carbonyl (C=O) groups is 1. The molecule has 23 heavy (non-hydrogen) atoms. The second-order valence-corrected chi connectivity index (χ2v) is 6.57. The van der Waals surface area contributed by atoms with Crippen LogP contribution in [-0.4, -0.2) is 36.4 Å². The quantitative estimate of drug-likeness (QED) is 0.753. The van der Waals surface area contributed by atoms with Crippen LogP contribution in [0.3, 0.4) is 0 Å². The molecule has 1 amide bonds. The molecule has 2 heterocycles. The van der Waals surface area contributed by atoms with E-state index < -0.39 is 0 Å². The van der Waals surface area contributed by atoms with Crippen molar-refractivity contribution in [3.63, 3.8) is 0 Å². The van der Waals surface area contributed by atoms with Gasteiger partial charge in [-0.2, -0.15) is 0 Å². The molecule has 1 aromatic carbocycles. The number of thiophene rings is 1. The smallest absolute Gasteiger partial charge is 0.267 e. The number of aromatic amines is 1. The minimum Gasteiger partial charge on any atom is -0.350 e. The monoisotopic (exact) mass is 331 g/mol. The number of hydrogen-bond acceptors (Lipinski definition) is 3. The van der Waals surface area contributed by atoms with Gasteiger partial charge in [-0.15, -0.1) is 11.3 Å². The molecular weight excluding hydrogens is 313 g/mol. The molecule has 0 saturated heterocycles. The fourth-order valence-electron chi connectivity index (χ4n) is 2.54. The van der Waals surface area contributed by atoms with Crippen molar-refractivity contribution >= 4 is 28.1 Å². The van der Waals surface area contributed by atoms with E-state index in [9.17, 15) is 9.18 Å². The van der Waals surface area contributed by atoms with E-state index in [4.69, 9.17) is 0 Å². The molecule has 4 nitrogen and oxygen atoms in total. The van der Waals surface area contributed by atoms with Crippen molar-refractivity contribution in [2.45, 2.75) is 6.04 Å². The van der Waals surface area contributed by atoms with E-state index >= 15 is 0 Å². The zero-order chi connectivity index (χ0) is 16.4. The number of rotatable bonds is 5. The van der Waals surface area contributed by atoms with Crippen molar-refractivity contribution in [2.24, 2.45) is 0 Å². The van der Waals surface area contributed by atoms with Crippen LogP contribution in [0.2, 0.25) is 0 Å². The van der Waals surface area contributed by atoms with E-state index in [1.54, 1.807) is 29.5 Å². The van der Waals surface area contributed by atoms with Gasteiger partial charge in [-0.25, -0.2) is 4.39 Å². The topological polar surface area (TPSA) is 48.1 Å². The zero-order valence-corrected chi connectivity index (χ0v) is 13.8. The van der Waals surface area contributed by atoms with Gasteiger partial charge in [0.1, 0.15) is 11.5 Å². The molecule has 6 heteroatoms. The Balaban J connectivity index is 1.74.